The van der Waals surface area contributed by atoms with Gasteiger partial charge in [0.15, 0.2) is 0 Å². The van der Waals surface area contributed by atoms with Crippen molar-refractivity contribution in [2.45, 2.75) is 136 Å². The van der Waals surface area contributed by atoms with Crippen molar-refractivity contribution in [1.82, 2.24) is 0 Å². The first kappa shape index (κ1) is 31.2. The first-order valence-corrected chi connectivity index (χ1v) is 13.0. The molecule has 5 atom stereocenters. The first-order valence-electron chi connectivity index (χ1n) is 13.0. The van der Waals surface area contributed by atoms with Crippen LogP contribution in [0.1, 0.15) is 136 Å². The third-order valence-electron chi connectivity index (χ3n) is 7.54. The normalized spacial score (nSPS) is 27.5. The van der Waals surface area contributed by atoms with E-state index < -0.39 is 0 Å². The van der Waals surface area contributed by atoms with Gasteiger partial charge in [0.2, 0.25) is 0 Å². The van der Waals surface area contributed by atoms with Crippen LogP contribution in [0.15, 0.2) is 0 Å². The van der Waals surface area contributed by atoms with Gasteiger partial charge in [0.1, 0.15) is 0 Å². The monoisotopic (exact) mass is 410 g/mol. The molecule has 29 heavy (non-hydrogen) atoms. The van der Waals surface area contributed by atoms with E-state index in [1.165, 1.54) is 25.7 Å². The van der Waals surface area contributed by atoms with Crippen molar-refractivity contribution in [3.8, 4) is 0 Å². The van der Waals surface area contributed by atoms with Crippen LogP contribution in [0.3, 0.4) is 0 Å². The molecule has 0 heterocycles. The Hall–Kier alpha value is 0. The molecule has 0 N–H and O–H groups in total. The lowest BCUT2D eigenvalue weighted by Crippen LogP contribution is -2.49. The van der Waals surface area contributed by atoms with Gasteiger partial charge in [0, 0.05) is 0 Å². The molecule has 0 aromatic rings. The van der Waals surface area contributed by atoms with E-state index in [2.05, 4.69) is 96.9 Å². The van der Waals surface area contributed by atoms with Gasteiger partial charge in [-0.1, -0.05) is 117 Å². The second-order valence-corrected chi connectivity index (χ2v) is 13.0. The van der Waals surface area contributed by atoms with Crippen LogP contribution >= 0.6 is 0 Å². The topological polar surface area (TPSA) is 0 Å². The van der Waals surface area contributed by atoms with E-state index in [1.807, 2.05) is 13.8 Å². The van der Waals surface area contributed by atoms with E-state index in [9.17, 15) is 0 Å². The minimum absolute atomic E-state index is 0.404. The summed E-state index contributed by atoms with van der Waals surface area (Å²) in [7, 11) is 0. The van der Waals surface area contributed by atoms with Crippen molar-refractivity contribution in [1.29, 1.82) is 0 Å². The zero-order valence-electron chi connectivity index (χ0n) is 23.8. The van der Waals surface area contributed by atoms with Crippen LogP contribution in [0.5, 0.6) is 0 Å². The molecular weight excluding hydrogens is 348 g/mol. The lowest BCUT2D eigenvalue weighted by atomic mass is 9.48. The first-order chi connectivity index (χ1) is 13.0. The number of rotatable bonds is 4. The maximum Gasteiger partial charge on any atom is -0.0269 e. The van der Waals surface area contributed by atoms with Crippen molar-refractivity contribution in [3.05, 3.63) is 0 Å². The Morgan fingerprint density at radius 2 is 1.07 bits per heavy atom. The van der Waals surface area contributed by atoms with E-state index in [0.29, 0.717) is 16.2 Å². The SMILES string of the molecule is CC.CC(C)CC(C)(C(C)C)C1CC(C)C(C(C)(C)C)CC1C(C)(C)C.CCC. The van der Waals surface area contributed by atoms with Gasteiger partial charge in [-0.2, -0.15) is 0 Å². The number of hydrogen-bond acceptors (Lipinski definition) is 0. The highest BCUT2D eigenvalue weighted by atomic mass is 14.6. The minimum atomic E-state index is 0.404. The summed E-state index contributed by atoms with van der Waals surface area (Å²) in [4.78, 5) is 0. The second kappa shape index (κ2) is 12.8. The minimum Gasteiger partial charge on any atom is -0.0683 e. The van der Waals surface area contributed by atoms with Gasteiger partial charge in [-0.3, -0.25) is 0 Å². The Kier molecular flexibility index (Phi) is 13.7. The maximum absolute atomic E-state index is 2.62. The highest BCUT2D eigenvalue weighted by Crippen LogP contribution is 2.58. The fraction of sp³-hybridized carbons (Fsp3) is 1.00. The fourth-order valence-electron chi connectivity index (χ4n) is 5.99. The summed E-state index contributed by atoms with van der Waals surface area (Å²) in [6, 6.07) is 0. The Labute approximate surface area is 188 Å². The molecule has 0 bridgehead atoms. The van der Waals surface area contributed by atoms with Gasteiger partial charge in [0.05, 0.1) is 0 Å². The Balaban J connectivity index is 0. The van der Waals surface area contributed by atoms with Gasteiger partial charge in [-0.25, -0.2) is 0 Å². The molecule has 1 aliphatic rings. The number of hydrogen-bond donors (Lipinski definition) is 0. The van der Waals surface area contributed by atoms with Crippen molar-refractivity contribution in [2.75, 3.05) is 0 Å². The summed E-state index contributed by atoms with van der Waals surface area (Å²) in [5.74, 6) is 4.94. The van der Waals surface area contributed by atoms with Crippen LogP contribution in [-0.4, -0.2) is 0 Å². The summed E-state index contributed by atoms with van der Waals surface area (Å²) < 4.78 is 0. The molecule has 0 heteroatoms. The lowest BCUT2D eigenvalue weighted by Gasteiger charge is -2.57. The van der Waals surface area contributed by atoms with Gasteiger partial charge in [-0.15, -0.1) is 0 Å². The smallest absolute Gasteiger partial charge is 0.0269 e. The highest BCUT2D eigenvalue weighted by molar-refractivity contribution is 5.00. The largest absolute Gasteiger partial charge is 0.0683 e. The Morgan fingerprint density at radius 3 is 1.34 bits per heavy atom. The van der Waals surface area contributed by atoms with E-state index in [-0.39, 0.29) is 0 Å². The van der Waals surface area contributed by atoms with Crippen LogP contribution in [-0.2, 0) is 0 Å². The third kappa shape index (κ3) is 9.35. The molecule has 0 aromatic carbocycles. The quantitative estimate of drug-likeness (QED) is 0.432. The van der Waals surface area contributed by atoms with Gasteiger partial charge in [-0.05, 0) is 71.0 Å². The van der Waals surface area contributed by atoms with Gasteiger partial charge < -0.3 is 0 Å². The summed E-state index contributed by atoms with van der Waals surface area (Å²) >= 11 is 0. The standard InChI is InChI=1S/C24H48.C3H8.C2H6/c1-16(2)15-24(12,17(3)4)21-13-18(5)19(22(6,7)8)14-20(21)23(9,10)11;1-3-2;1-2/h16-21H,13-15H2,1-12H3;3H2,1-2H3;1-2H3. The molecule has 1 fully saturated rings. The zero-order valence-corrected chi connectivity index (χ0v) is 23.8. The van der Waals surface area contributed by atoms with Crippen molar-refractivity contribution < 1.29 is 0 Å². The molecule has 0 radical (unpaired) electrons. The molecule has 1 rings (SSSR count). The van der Waals surface area contributed by atoms with Crippen molar-refractivity contribution in [2.24, 2.45) is 51.8 Å². The average Bonchev–Trinajstić information content (AvgIpc) is 2.54. The summed E-state index contributed by atoms with van der Waals surface area (Å²) in [5.41, 5.74) is 1.30. The van der Waals surface area contributed by atoms with Crippen molar-refractivity contribution >= 4 is 0 Å². The van der Waals surface area contributed by atoms with Crippen LogP contribution in [0.4, 0.5) is 0 Å². The van der Waals surface area contributed by atoms with Crippen molar-refractivity contribution in [3.63, 3.8) is 0 Å². The molecule has 0 spiro atoms. The fourth-order valence-corrected chi connectivity index (χ4v) is 5.99. The predicted molar refractivity (Wildman–Crippen MR) is 137 cm³/mol. The van der Waals surface area contributed by atoms with E-state index in [4.69, 9.17) is 0 Å². The van der Waals surface area contributed by atoms with Gasteiger partial charge >= 0.3 is 0 Å². The molecule has 0 aliphatic heterocycles. The molecule has 0 nitrogen and oxygen atoms in total. The summed E-state index contributed by atoms with van der Waals surface area (Å²) in [6.07, 6.45) is 5.46. The Bertz CT molecular complexity index is 403. The van der Waals surface area contributed by atoms with Crippen LogP contribution < -0.4 is 0 Å². The van der Waals surface area contributed by atoms with E-state index in [0.717, 1.165) is 35.5 Å². The van der Waals surface area contributed by atoms with Crippen LogP contribution in [0.2, 0.25) is 0 Å². The second-order valence-electron chi connectivity index (χ2n) is 13.0. The molecule has 5 unspecified atom stereocenters. The lowest BCUT2D eigenvalue weighted by molar-refractivity contribution is -0.0770. The zero-order chi connectivity index (χ0) is 23.8. The predicted octanol–water partition coefficient (Wildman–Crippen LogP) is 10.5. The molecule has 0 saturated heterocycles. The summed E-state index contributed by atoms with van der Waals surface area (Å²) in [5, 5.41) is 0. The molecule has 0 aromatic heterocycles. The third-order valence-corrected chi connectivity index (χ3v) is 7.54. The van der Waals surface area contributed by atoms with Crippen LogP contribution in [0, 0.1) is 51.8 Å². The molecule has 1 saturated carbocycles. The molecule has 178 valence electrons. The van der Waals surface area contributed by atoms with Gasteiger partial charge in [0.25, 0.3) is 0 Å². The van der Waals surface area contributed by atoms with E-state index >= 15 is 0 Å². The Morgan fingerprint density at radius 1 is 0.690 bits per heavy atom. The molecular formula is C29H62. The highest BCUT2D eigenvalue weighted by Gasteiger charge is 2.51. The maximum atomic E-state index is 2.62. The summed E-state index contributed by atoms with van der Waals surface area (Å²) in [6.45, 7) is 38.1. The van der Waals surface area contributed by atoms with E-state index in [1.54, 1.807) is 0 Å². The average molecular weight is 411 g/mol. The van der Waals surface area contributed by atoms with Crippen LogP contribution in [0.25, 0.3) is 0 Å². The molecule has 0 amide bonds. The molecule has 1 aliphatic carbocycles.